The molecule has 0 radical (unpaired) electrons. The van der Waals surface area contributed by atoms with Crippen molar-refractivity contribution >= 4 is 27.3 Å². The number of likely N-dealkylation sites (tertiary alicyclic amines) is 1. The zero-order chi connectivity index (χ0) is 17.7. The van der Waals surface area contributed by atoms with Crippen molar-refractivity contribution in [1.82, 2.24) is 24.3 Å². The number of H-pyrrole nitrogens is 1. The summed E-state index contributed by atoms with van der Waals surface area (Å²) in [6.45, 7) is 3.75. The summed E-state index contributed by atoms with van der Waals surface area (Å²) in [6, 6.07) is 8.19. The minimum Gasteiger partial charge on any atom is -0.341 e. The lowest BCUT2D eigenvalue weighted by Crippen LogP contribution is -2.25. The maximum absolute atomic E-state index is 12.2. The molecule has 5 rings (SSSR count). The average Bonchev–Trinajstić information content (AvgIpc) is 3.32. The molecule has 0 saturated carbocycles. The molecular weight excluding hydrogens is 346 g/mol. The molecule has 1 atom stereocenters. The summed E-state index contributed by atoms with van der Waals surface area (Å²) in [7, 11) is 0. The maximum Gasteiger partial charge on any atom is 0.258 e. The lowest BCUT2D eigenvalue weighted by Gasteiger charge is -2.22. The Morgan fingerprint density at radius 1 is 1.31 bits per heavy atom. The molecule has 6 nitrogen and oxygen atoms in total. The van der Waals surface area contributed by atoms with Gasteiger partial charge in [-0.2, -0.15) is 0 Å². The zero-order valence-corrected chi connectivity index (χ0v) is 15.3. The Hall–Kier alpha value is -2.51. The Bertz CT molecular complexity index is 1160. The van der Waals surface area contributed by atoms with Crippen LogP contribution in [0, 0.1) is 6.92 Å². The number of fused-ring (bicyclic) bond motifs is 2. The second-order valence-corrected chi connectivity index (χ2v) is 7.79. The Morgan fingerprint density at radius 3 is 3.15 bits per heavy atom. The van der Waals surface area contributed by atoms with Gasteiger partial charge in [-0.3, -0.25) is 14.1 Å². The molecule has 0 amide bonds. The van der Waals surface area contributed by atoms with Gasteiger partial charge in [0.2, 0.25) is 0 Å². The summed E-state index contributed by atoms with van der Waals surface area (Å²) < 4.78 is 1.59. The topological polar surface area (TPSA) is 66.3 Å². The molecule has 7 heteroatoms. The van der Waals surface area contributed by atoms with Crippen molar-refractivity contribution in [3.8, 4) is 0 Å². The first kappa shape index (κ1) is 15.7. The third-order valence-electron chi connectivity index (χ3n) is 5.06. The van der Waals surface area contributed by atoms with Crippen molar-refractivity contribution in [2.75, 3.05) is 6.54 Å². The van der Waals surface area contributed by atoms with Crippen LogP contribution in [0.4, 0.5) is 0 Å². The summed E-state index contributed by atoms with van der Waals surface area (Å²) in [4.78, 5) is 28.3. The largest absolute Gasteiger partial charge is 0.341 e. The van der Waals surface area contributed by atoms with Gasteiger partial charge in [-0.15, -0.1) is 11.3 Å². The van der Waals surface area contributed by atoms with Gasteiger partial charge in [0.05, 0.1) is 22.8 Å². The van der Waals surface area contributed by atoms with E-state index < -0.39 is 0 Å². The predicted octanol–water partition coefficient (Wildman–Crippen LogP) is 3.28. The fraction of sp³-hybridized carbons (Fsp3) is 0.316. The van der Waals surface area contributed by atoms with Gasteiger partial charge in [-0.05, 0) is 44.0 Å². The summed E-state index contributed by atoms with van der Waals surface area (Å²) in [5.41, 5.74) is 4.14. The van der Waals surface area contributed by atoms with Crippen LogP contribution in [-0.2, 0) is 6.54 Å². The Kier molecular flexibility index (Phi) is 3.65. The highest BCUT2D eigenvalue weighted by Gasteiger charge is 2.29. The maximum atomic E-state index is 12.2. The standard InChI is InChI=1S/C19H19N5OS/c1-12-4-5-14-15(9-12)22-18(21-14)16-3-2-6-23(16)11-13-10-17(25)24-7-8-26-19(24)20-13/h4-5,7-10,16H,2-3,6,11H2,1H3,(H,21,22). The number of aromatic amines is 1. The molecule has 26 heavy (non-hydrogen) atoms. The molecule has 1 fully saturated rings. The first-order valence-electron chi connectivity index (χ1n) is 8.83. The van der Waals surface area contributed by atoms with Gasteiger partial charge >= 0.3 is 0 Å². The van der Waals surface area contributed by atoms with Gasteiger partial charge in [-0.1, -0.05) is 6.07 Å². The summed E-state index contributed by atoms with van der Waals surface area (Å²) in [5.74, 6) is 1.01. The van der Waals surface area contributed by atoms with Crippen LogP contribution in [-0.4, -0.2) is 30.8 Å². The average molecular weight is 365 g/mol. The molecule has 0 bridgehead atoms. The molecule has 4 heterocycles. The van der Waals surface area contributed by atoms with Crippen LogP contribution >= 0.6 is 11.3 Å². The van der Waals surface area contributed by atoms with E-state index in [1.165, 1.54) is 16.9 Å². The van der Waals surface area contributed by atoms with Crippen LogP contribution in [0.25, 0.3) is 16.0 Å². The van der Waals surface area contributed by atoms with E-state index in [9.17, 15) is 4.79 Å². The number of hydrogen-bond donors (Lipinski definition) is 1. The number of aryl methyl sites for hydroxylation is 1. The van der Waals surface area contributed by atoms with E-state index in [-0.39, 0.29) is 11.6 Å². The molecule has 4 aromatic rings. The number of aromatic nitrogens is 4. The first-order chi connectivity index (χ1) is 12.7. The summed E-state index contributed by atoms with van der Waals surface area (Å²) >= 11 is 1.49. The quantitative estimate of drug-likeness (QED) is 0.605. The molecule has 1 unspecified atom stereocenters. The van der Waals surface area contributed by atoms with E-state index in [1.807, 2.05) is 5.38 Å². The monoisotopic (exact) mass is 365 g/mol. The number of nitrogens with one attached hydrogen (secondary N) is 1. The van der Waals surface area contributed by atoms with E-state index in [4.69, 9.17) is 4.98 Å². The van der Waals surface area contributed by atoms with E-state index >= 15 is 0 Å². The van der Waals surface area contributed by atoms with Crippen molar-refractivity contribution in [3.05, 3.63) is 63.3 Å². The predicted molar refractivity (Wildman–Crippen MR) is 103 cm³/mol. The molecule has 1 aromatic carbocycles. The third-order valence-corrected chi connectivity index (χ3v) is 5.81. The normalized spacial score (nSPS) is 18.3. The van der Waals surface area contributed by atoms with Gasteiger partial charge in [0.25, 0.3) is 5.56 Å². The smallest absolute Gasteiger partial charge is 0.258 e. The van der Waals surface area contributed by atoms with E-state index in [2.05, 4.69) is 40.0 Å². The summed E-state index contributed by atoms with van der Waals surface area (Å²) in [5, 5.41) is 1.89. The Labute approximate surface area is 154 Å². The molecule has 1 N–H and O–H groups in total. The highest BCUT2D eigenvalue weighted by Crippen LogP contribution is 2.32. The molecule has 0 aliphatic carbocycles. The number of hydrogen-bond acceptors (Lipinski definition) is 5. The van der Waals surface area contributed by atoms with E-state index in [1.54, 1.807) is 16.7 Å². The highest BCUT2D eigenvalue weighted by molar-refractivity contribution is 7.15. The van der Waals surface area contributed by atoms with Crippen molar-refractivity contribution in [2.45, 2.75) is 32.4 Å². The van der Waals surface area contributed by atoms with E-state index in [0.717, 1.165) is 46.9 Å². The molecule has 1 saturated heterocycles. The lowest BCUT2D eigenvalue weighted by atomic mass is 10.2. The fourth-order valence-corrected chi connectivity index (χ4v) is 4.54. The highest BCUT2D eigenvalue weighted by atomic mass is 32.1. The van der Waals surface area contributed by atoms with Crippen LogP contribution in [0.2, 0.25) is 0 Å². The number of imidazole rings is 1. The summed E-state index contributed by atoms with van der Waals surface area (Å²) in [6.07, 6.45) is 3.97. The van der Waals surface area contributed by atoms with Crippen LogP contribution < -0.4 is 5.56 Å². The molecule has 132 valence electrons. The minimum atomic E-state index is -0.0128. The Morgan fingerprint density at radius 2 is 2.23 bits per heavy atom. The van der Waals surface area contributed by atoms with Gasteiger partial charge < -0.3 is 4.98 Å². The number of thiazole rings is 1. The number of benzene rings is 1. The molecular formula is C19H19N5OS. The number of rotatable bonds is 3. The van der Waals surface area contributed by atoms with Gasteiger partial charge in [-0.25, -0.2) is 9.97 Å². The van der Waals surface area contributed by atoms with Crippen LogP contribution in [0.3, 0.4) is 0 Å². The SMILES string of the molecule is Cc1ccc2nc(C3CCCN3Cc3cc(=O)n4ccsc4n3)[nH]c2c1. The lowest BCUT2D eigenvalue weighted by molar-refractivity contribution is 0.238. The van der Waals surface area contributed by atoms with Crippen molar-refractivity contribution in [2.24, 2.45) is 0 Å². The van der Waals surface area contributed by atoms with Gasteiger partial charge in [0, 0.05) is 24.2 Å². The zero-order valence-electron chi connectivity index (χ0n) is 14.5. The van der Waals surface area contributed by atoms with Gasteiger partial charge in [0.1, 0.15) is 5.82 Å². The molecule has 0 spiro atoms. The molecule has 3 aromatic heterocycles. The fourth-order valence-electron chi connectivity index (χ4n) is 3.80. The van der Waals surface area contributed by atoms with Gasteiger partial charge in [0.15, 0.2) is 4.96 Å². The van der Waals surface area contributed by atoms with Crippen LogP contribution in [0.15, 0.2) is 40.6 Å². The van der Waals surface area contributed by atoms with Crippen molar-refractivity contribution in [3.63, 3.8) is 0 Å². The second-order valence-electron chi connectivity index (χ2n) is 6.91. The van der Waals surface area contributed by atoms with Crippen LogP contribution in [0.1, 0.15) is 36.0 Å². The molecule has 1 aliphatic rings. The first-order valence-corrected chi connectivity index (χ1v) is 9.71. The van der Waals surface area contributed by atoms with Crippen molar-refractivity contribution in [1.29, 1.82) is 0 Å². The molecule has 1 aliphatic heterocycles. The number of nitrogens with zero attached hydrogens (tertiary/aromatic N) is 4. The van der Waals surface area contributed by atoms with Crippen LogP contribution in [0.5, 0.6) is 0 Å². The third kappa shape index (κ3) is 2.64. The van der Waals surface area contributed by atoms with E-state index in [0.29, 0.717) is 6.54 Å². The van der Waals surface area contributed by atoms with Crippen molar-refractivity contribution < 1.29 is 0 Å². The second kappa shape index (κ2) is 6.03. The Balaban J connectivity index is 1.46. The minimum absolute atomic E-state index is 0.0128.